The molecule has 6 nitrogen and oxygen atoms in total. The van der Waals surface area contributed by atoms with Gasteiger partial charge in [-0.3, -0.25) is 9.59 Å². The first-order valence-electron chi connectivity index (χ1n) is 12.0. The van der Waals surface area contributed by atoms with Crippen molar-refractivity contribution in [2.75, 3.05) is 33.4 Å². The Morgan fingerprint density at radius 2 is 1.61 bits per heavy atom. The van der Waals surface area contributed by atoms with Crippen molar-refractivity contribution >= 4 is 38.6 Å². The van der Waals surface area contributed by atoms with Crippen LogP contribution in [0.1, 0.15) is 21.5 Å². The highest BCUT2D eigenvalue weighted by atomic mass is 79.9. The zero-order chi connectivity index (χ0) is 25.3. The second-order valence-corrected chi connectivity index (χ2v) is 9.55. The van der Waals surface area contributed by atoms with Crippen LogP contribution in [0.5, 0.6) is 0 Å². The van der Waals surface area contributed by atoms with Crippen LogP contribution >= 0.6 is 15.9 Å². The summed E-state index contributed by atoms with van der Waals surface area (Å²) in [5.74, 6) is -0.288. The molecule has 0 saturated carbocycles. The number of hydrogen-bond donors (Lipinski definition) is 1. The van der Waals surface area contributed by atoms with E-state index in [1.165, 1.54) is 5.56 Å². The summed E-state index contributed by atoms with van der Waals surface area (Å²) in [6, 6.07) is 25.3. The van der Waals surface area contributed by atoms with E-state index in [0.717, 1.165) is 20.9 Å². The number of rotatable bonds is 11. The minimum Gasteiger partial charge on any atom is -0.383 e. The smallest absolute Gasteiger partial charge is 0.254 e. The number of amides is 2. The number of benzene rings is 3. The lowest BCUT2D eigenvalue weighted by Crippen LogP contribution is -2.44. The SMILES string of the molecule is COCCN(CC(=O)N(CCc1c[nH]c2ccccc12)Cc1ccccc1)C(=O)c1ccc(Br)cc1. The zero-order valence-corrected chi connectivity index (χ0v) is 21.9. The van der Waals surface area contributed by atoms with Gasteiger partial charge in [-0.25, -0.2) is 0 Å². The summed E-state index contributed by atoms with van der Waals surface area (Å²) < 4.78 is 6.12. The Bertz CT molecular complexity index is 1290. The van der Waals surface area contributed by atoms with Gasteiger partial charge in [-0.15, -0.1) is 0 Å². The second-order valence-electron chi connectivity index (χ2n) is 8.64. The number of aromatic amines is 1. The number of para-hydroxylation sites is 1. The van der Waals surface area contributed by atoms with E-state index in [2.05, 4.69) is 27.0 Å². The molecule has 0 aliphatic rings. The molecule has 7 heteroatoms. The Labute approximate surface area is 220 Å². The third kappa shape index (κ3) is 6.62. The maximum Gasteiger partial charge on any atom is 0.254 e. The highest BCUT2D eigenvalue weighted by Crippen LogP contribution is 2.19. The van der Waals surface area contributed by atoms with Gasteiger partial charge in [0.05, 0.1) is 6.61 Å². The van der Waals surface area contributed by atoms with E-state index in [1.54, 1.807) is 24.1 Å². The van der Waals surface area contributed by atoms with E-state index >= 15 is 0 Å². The van der Waals surface area contributed by atoms with Crippen molar-refractivity contribution in [3.8, 4) is 0 Å². The molecule has 1 N–H and O–H groups in total. The maximum absolute atomic E-state index is 13.6. The largest absolute Gasteiger partial charge is 0.383 e. The standard InChI is InChI=1S/C29H30BrN3O3/c1-36-18-17-33(29(35)23-11-13-25(30)14-12-23)21-28(34)32(20-22-7-3-2-4-8-22)16-15-24-19-31-27-10-6-5-9-26(24)27/h2-14,19,31H,15-18,20-21H2,1H3. The van der Waals surface area contributed by atoms with Gasteiger partial charge < -0.3 is 19.5 Å². The van der Waals surface area contributed by atoms with Crippen LogP contribution in [0.4, 0.5) is 0 Å². The molecule has 2 amide bonds. The number of H-pyrrole nitrogens is 1. The van der Waals surface area contributed by atoms with Crippen LogP contribution in [-0.4, -0.2) is 59.9 Å². The molecule has 0 spiro atoms. The van der Waals surface area contributed by atoms with Gasteiger partial charge in [0.2, 0.25) is 5.91 Å². The lowest BCUT2D eigenvalue weighted by atomic mass is 10.1. The summed E-state index contributed by atoms with van der Waals surface area (Å²) in [4.78, 5) is 33.6. The molecule has 4 aromatic rings. The number of nitrogens with zero attached hydrogens (tertiary/aromatic N) is 2. The van der Waals surface area contributed by atoms with Gasteiger partial charge in [0.1, 0.15) is 6.54 Å². The number of halogens is 1. The van der Waals surface area contributed by atoms with Crippen LogP contribution in [0.25, 0.3) is 10.9 Å². The number of methoxy groups -OCH3 is 1. The molecule has 0 saturated heterocycles. The average molecular weight is 548 g/mol. The monoisotopic (exact) mass is 547 g/mol. The molecule has 186 valence electrons. The first kappa shape index (κ1) is 25.7. The number of aromatic nitrogens is 1. The van der Waals surface area contributed by atoms with Crippen molar-refractivity contribution < 1.29 is 14.3 Å². The van der Waals surface area contributed by atoms with Gasteiger partial charge in [-0.05, 0) is 47.9 Å². The quantitative estimate of drug-likeness (QED) is 0.277. The molecule has 1 heterocycles. The van der Waals surface area contributed by atoms with Crippen molar-refractivity contribution in [1.82, 2.24) is 14.8 Å². The Balaban J connectivity index is 1.52. The zero-order valence-electron chi connectivity index (χ0n) is 20.3. The van der Waals surface area contributed by atoms with Crippen LogP contribution in [0.2, 0.25) is 0 Å². The molecule has 4 rings (SSSR count). The highest BCUT2D eigenvalue weighted by molar-refractivity contribution is 9.10. The molecule has 1 aromatic heterocycles. The molecular formula is C29H30BrN3O3. The van der Waals surface area contributed by atoms with Crippen molar-refractivity contribution in [1.29, 1.82) is 0 Å². The number of ether oxygens (including phenoxy) is 1. The summed E-state index contributed by atoms with van der Waals surface area (Å²) >= 11 is 3.41. The predicted molar refractivity (Wildman–Crippen MR) is 146 cm³/mol. The highest BCUT2D eigenvalue weighted by Gasteiger charge is 2.23. The Hall–Kier alpha value is -3.42. The van der Waals surface area contributed by atoms with Crippen molar-refractivity contribution in [3.05, 3.63) is 106 Å². The summed E-state index contributed by atoms with van der Waals surface area (Å²) in [6.45, 7) is 1.69. The van der Waals surface area contributed by atoms with Gasteiger partial charge >= 0.3 is 0 Å². The molecule has 0 bridgehead atoms. The fourth-order valence-electron chi connectivity index (χ4n) is 4.18. The lowest BCUT2D eigenvalue weighted by Gasteiger charge is -2.28. The summed E-state index contributed by atoms with van der Waals surface area (Å²) in [7, 11) is 1.59. The molecule has 0 radical (unpaired) electrons. The minimum atomic E-state index is -0.191. The Morgan fingerprint density at radius 3 is 2.36 bits per heavy atom. The van der Waals surface area contributed by atoms with E-state index in [0.29, 0.717) is 38.2 Å². The molecule has 36 heavy (non-hydrogen) atoms. The van der Waals surface area contributed by atoms with Crippen LogP contribution in [0.15, 0.2) is 89.5 Å². The molecular weight excluding hydrogens is 518 g/mol. The van der Waals surface area contributed by atoms with Gasteiger partial charge in [0, 0.05) is 53.9 Å². The predicted octanol–water partition coefficient (Wildman–Crippen LogP) is 5.29. The third-order valence-electron chi connectivity index (χ3n) is 6.16. The molecule has 0 fully saturated rings. The first-order valence-corrected chi connectivity index (χ1v) is 12.7. The molecule has 3 aromatic carbocycles. The second kappa shape index (κ2) is 12.5. The van der Waals surface area contributed by atoms with Crippen molar-refractivity contribution in [3.63, 3.8) is 0 Å². The maximum atomic E-state index is 13.6. The van der Waals surface area contributed by atoms with Crippen molar-refractivity contribution in [2.45, 2.75) is 13.0 Å². The van der Waals surface area contributed by atoms with Gasteiger partial charge in [-0.1, -0.05) is 64.5 Å². The number of hydrogen-bond acceptors (Lipinski definition) is 3. The van der Waals surface area contributed by atoms with Crippen LogP contribution in [-0.2, 0) is 22.5 Å². The summed E-state index contributed by atoms with van der Waals surface area (Å²) in [5, 5.41) is 1.16. The third-order valence-corrected chi connectivity index (χ3v) is 6.69. The van der Waals surface area contributed by atoms with Crippen molar-refractivity contribution in [2.24, 2.45) is 0 Å². The van der Waals surface area contributed by atoms with Crippen LogP contribution in [0, 0.1) is 0 Å². The average Bonchev–Trinajstić information content (AvgIpc) is 3.32. The Kier molecular flexibility index (Phi) is 8.92. The van der Waals surface area contributed by atoms with Crippen LogP contribution < -0.4 is 0 Å². The topological polar surface area (TPSA) is 65.6 Å². The fourth-order valence-corrected chi connectivity index (χ4v) is 4.45. The van der Waals surface area contributed by atoms with Gasteiger partial charge in [-0.2, -0.15) is 0 Å². The number of carbonyl (C=O) groups excluding carboxylic acids is 2. The molecule has 0 aliphatic heterocycles. The molecule has 0 unspecified atom stereocenters. The van der Waals surface area contributed by atoms with E-state index in [9.17, 15) is 9.59 Å². The normalized spacial score (nSPS) is 10.9. The number of fused-ring (bicyclic) bond motifs is 1. The van der Waals surface area contributed by atoms with Gasteiger partial charge in [0.25, 0.3) is 5.91 Å². The molecule has 0 atom stereocenters. The van der Waals surface area contributed by atoms with E-state index in [4.69, 9.17) is 4.74 Å². The van der Waals surface area contributed by atoms with E-state index < -0.39 is 0 Å². The van der Waals surface area contributed by atoms with Crippen LogP contribution in [0.3, 0.4) is 0 Å². The van der Waals surface area contributed by atoms with E-state index in [1.807, 2.05) is 71.8 Å². The number of carbonyl (C=O) groups is 2. The first-order chi connectivity index (χ1) is 17.5. The summed E-state index contributed by atoms with van der Waals surface area (Å²) in [5.41, 5.74) is 3.83. The van der Waals surface area contributed by atoms with E-state index in [-0.39, 0.29) is 18.4 Å². The Morgan fingerprint density at radius 1 is 0.889 bits per heavy atom. The minimum absolute atomic E-state index is 0.0149. The molecule has 0 aliphatic carbocycles. The van der Waals surface area contributed by atoms with Gasteiger partial charge in [0.15, 0.2) is 0 Å². The number of nitrogens with one attached hydrogen (secondary N) is 1. The lowest BCUT2D eigenvalue weighted by molar-refractivity contribution is -0.132. The fraction of sp³-hybridized carbons (Fsp3) is 0.241. The summed E-state index contributed by atoms with van der Waals surface area (Å²) in [6.07, 6.45) is 2.72.